The summed E-state index contributed by atoms with van der Waals surface area (Å²) in [5.74, 6) is -1.32. The molecule has 3 rings (SSSR count). The Bertz CT molecular complexity index is 1430. The number of hydrogen-bond donors (Lipinski definition) is 1. The molecule has 0 aliphatic heterocycles. The summed E-state index contributed by atoms with van der Waals surface area (Å²) >= 11 is 0. The van der Waals surface area contributed by atoms with E-state index in [1.54, 1.807) is 43.3 Å². The van der Waals surface area contributed by atoms with E-state index in [0.29, 0.717) is 6.54 Å². The Morgan fingerprint density at radius 2 is 1.71 bits per heavy atom. The van der Waals surface area contributed by atoms with Gasteiger partial charge in [-0.2, -0.15) is 0 Å². The molecule has 0 saturated heterocycles. The van der Waals surface area contributed by atoms with Crippen LogP contribution in [0.4, 0.5) is 10.1 Å². The Morgan fingerprint density at radius 1 is 1.02 bits per heavy atom. The lowest BCUT2D eigenvalue weighted by Crippen LogP contribution is -2.53. The van der Waals surface area contributed by atoms with Crippen LogP contribution in [0.15, 0.2) is 72.8 Å². The maximum absolute atomic E-state index is 14.9. The number of aryl methyl sites for hydroxylation is 1. The summed E-state index contributed by atoms with van der Waals surface area (Å²) in [5.41, 5.74) is 1.97. The topological polar surface area (TPSA) is 96.0 Å². The van der Waals surface area contributed by atoms with Crippen LogP contribution in [0.2, 0.25) is 0 Å². The number of nitrogens with one attached hydrogen (secondary N) is 1. The molecule has 1 atom stereocenters. The van der Waals surface area contributed by atoms with E-state index in [4.69, 9.17) is 4.74 Å². The zero-order chi connectivity index (χ0) is 30.0. The van der Waals surface area contributed by atoms with Gasteiger partial charge in [-0.3, -0.25) is 13.9 Å². The van der Waals surface area contributed by atoms with Crippen molar-refractivity contribution in [2.75, 3.05) is 30.8 Å². The first-order chi connectivity index (χ1) is 19.5. The van der Waals surface area contributed by atoms with Crippen LogP contribution in [0.1, 0.15) is 36.5 Å². The smallest absolute Gasteiger partial charge is 0.244 e. The molecule has 220 valence electrons. The van der Waals surface area contributed by atoms with E-state index in [0.717, 1.165) is 34.5 Å². The number of ether oxygens (including phenoxy) is 1. The van der Waals surface area contributed by atoms with Gasteiger partial charge in [0.15, 0.2) is 0 Å². The van der Waals surface area contributed by atoms with Crippen LogP contribution < -0.4 is 14.4 Å². The van der Waals surface area contributed by atoms with Gasteiger partial charge >= 0.3 is 0 Å². The summed E-state index contributed by atoms with van der Waals surface area (Å²) in [6, 6.07) is 19.2. The second-order valence-corrected chi connectivity index (χ2v) is 11.8. The standard InChI is InChI=1S/C31H38FN3O5S/c1-5-6-18-33-31(37)28(20-24-12-8-7-9-13-24)34(21-25-14-10-11-15-26(25)32)30(36)22-35(41(4,38)39)27-19-23(2)16-17-29(27)40-3/h7-17,19,28H,5-6,18,20-22H2,1-4H3,(H,33,37)/t28-/m1/s1. The molecule has 0 radical (unpaired) electrons. The molecule has 0 fully saturated rings. The number of carbonyl (C=O) groups excluding carboxylic acids is 2. The molecule has 0 saturated carbocycles. The summed E-state index contributed by atoms with van der Waals surface area (Å²) in [6.45, 7) is 3.37. The van der Waals surface area contributed by atoms with Crippen LogP contribution >= 0.6 is 0 Å². The van der Waals surface area contributed by atoms with E-state index in [9.17, 15) is 22.4 Å². The molecule has 0 aliphatic carbocycles. The fraction of sp³-hybridized carbons (Fsp3) is 0.355. The van der Waals surface area contributed by atoms with Crippen LogP contribution in [0.5, 0.6) is 5.75 Å². The minimum Gasteiger partial charge on any atom is -0.495 e. The quantitative estimate of drug-likeness (QED) is 0.283. The van der Waals surface area contributed by atoms with Crippen LogP contribution in [0.3, 0.4) is 0 Å². The SMILES string of the molecule is CCCCNC(=O)[C@@H](Cc1ccccc1)N(Cc1ccccc1F)C(=O)CN(c1cc(C)ccc1OC)S(C)(=O)=O. The van der Waals surface area contributed by atoms with Gasteiger partial charge in [0.25, 0.3) is 0 Å². The van der Waals surface area contributed by atoms with Gasteiger partial charge in [-0.1, -0.05) is 67.9 Å². The molecule has 0 spiro atoms. The van der Waals surface area contributed by atoms with Crippen molar-refractivity contribution in [3.8, 4) is 5.75 Å². The number of anilines is 1. The lowest BCUT2D eigenvalue weighted by molar-refractivity contribution is -0.140. The van der Waals surface area contributed by atoms with Crippen molar-refractivity contribution >= 4 is 27.5 Å². The van der Waals surface area contributed by atoms with Crippen molar-refractivity contribution in [3.63, 3.8) is 0 Å². The molecule has 0 unspecified atom stereocenters. The maximum atomic E-state index is 14.9. The van der Waals surface area contributed by atoms with E-state index in [2.05, 4.69) is 5.32 Å². The Balaban J connectivity index is 2.09. The monoisotopic (exact) mass is 583 g/mol. The third kappa shape index (κ3) is 8.78. The first kappa shape index (κ1) is 31.6. The molecule has 3 aromatic rings. The molecule has 10 heteroatoms. The zero-order valence-corrected chi connectivity index (χ0v) is 24.8. The summed E-state index contributed by atoms with van der Waals surface area (Å²) in [4.78, 5) is 29.0. The van der Waals surface area contributed by atoms with E-state index in [-0.39, 0.29) is 30.0 Å². The fourth-order valence-electron chi connectivity index (χ4n) is 4.46. The van der Waals surface area contributed by atoms with Gasteiger partial charge in [-0.15, -0.1) is 0 Å². The Hall–Kier alpha value is -3.92. The van der Waals surface area contributed by atoms with Gasteiger partial charge in [0, 0.05) is 25.1 Å². The highest BCUT2D eigenvalue weighted by atomic mass is 32.2. The second kappa shape index (κ2) is 14.6. The van der Waals surface area contributed by atoms with Crippen LogP contribution in [-0.4, -0.2) is 57.6 Å². The second-order valence-electron chi connectivity index (χ2n) is 9.91. The molecule has 0 bridgehead atoms. The lowest BCUT2D eigenvalue weighted by Gasteiger charge is -2.34. The lowest BCUT2D eigenvalue weighted by atomic mass is 10.0. The normalized spacial score (nSPS) is 11.9. The van der Waals surface area contributed by atoms with E-state index in [1.807, 2.05) is 37.3 Å². The number of unbranched alkanes of at least 4 members (excludes halogenated alkanes) is 1. The molecule has 0 aromatic heterocycles. The average molecular weight is 584 g/mol. The van der Waals surface area contributed by atoms with Gasteiger partial charge in [0.2, 0.25) is 21.8 Å². The van der Waals surface area contributed by atoms with Crippen LogP contribution in [0.25, 0.3) is 0 Å². The van der Waals surface area contributed by atoms with Crippen molar-refractivity contribution in [3.05, 3.63) is 95.3 Å². The summed E-state index contributed by atoms with van der Waals surface area (Å²) in [5, 5.41) is 2.90. The number of hydrogen-bond acceptors (Lipinski definition) is 5. The summed E-state index contributed by atoms with van der Waals surface area (Å²) < 4.78 is 47.2. The molecular formula is C31H38FN3O5S. The highest BCUT2D eigenvalue weighted by Gasteiger charge is 2.34. The Kier molecular flexibility index (Phi) is 11.3. The molecule has 3 aromatic carbocycles. The predicted molar refractivity (Wildman–Crippen MR) is 159 cm³/mol. The average Bonchev–Trinajstić information content (AvgIpc) is 2.94. The Morgan fingerprint density at radius 3 is 2.34 bits per heavy atom. The van der Waals surface area contributed by atoms with Gasteiger partial charge in [-0.25, -0.2) is 12.8 Å². The molecular weight excluding hydrogens is 545 g/mol. The minimum absolute atomic E-state index is 0.158. The Labute approximate surface area is 242 Å². The third-order valence-corrected chi connectivity index (χ3v) is 7.81. The number of amides is 2. The highest BCUT2D eigenvalue weighted by molar-refractivity contribution is 7.92. The molecule has 41 heavy (non-hydrogen) atoms. The largest absolute Gasteiger partial charge is 0.495 e. The van der Waals surface area contributed by atoms with Crippen LogP contribution in [0, 0.1) is 12.7 Å². The first-order valence-corrected chi connectivity index (χ1v) is 15.4. The number of sulfonamides is 1. The van der Waals surface area contributed by atoms with Crippen LogP contribution in [-0.2, 0) is 32.6 Å². The number of benzene rings is 3. The molecule has 0 aliphatic rings. The van der Waals surface area contributed by atoms with Crippen molar-refractivity contribution in [2.24, 2.45) is 0 Å². The summed E-state index contributed by atoms with van der Waals surface area (Å²) in [7, 11) is -2.55. The zero-order valence-electron chi connectivity index (χ0n) is 24.0. The number of carbonyl (C=O) groups is 2. The van der Waals surface area contributed by atoms with Gasteiger partial charge < -0.3 is 15.0 Å². The van der Waals surface area contributed by atoms with E-state index >= 15 is 0 Å². The van der Waals surface area contributed by atoms with E-state index in [1.165, 1.54) is 18.1 Å². The molecule has 1 N–H and O–H groups in total. The van der Waals surface area contributed by atoms with Crippen molar-refractivity contribution in [1.29, 1.82) is 0 Å². The minimum atomic E-state index is -3.97. The molecule has 0 heterocycles. The number of rotatable bonds is 14. The fourth-order valence-corrected chi connectivity index (χ4v) is 5.30. The highest BCUT2D eigenvalue weighted by Crippen LogP contribution is 2.31. The summed E-state index contributed by atoms with van der Waals surface area (Å²) in [6.07, 6.45) is 2.77. The van der Waals surface area contributed by atoms with Crippen molar-refractivity contribution < 1.29 is 27.1 Å². The van der Waals surface area contributed by atoms with Crippen molar-refractivity contribution in [2.45, 2.75) is 45.7 Å². The number of methoxy groups -OCH3 is 1. The van der Waals surface area contributed by atoms with Gasteiger partial charge in [-0.05, 0) is 42.7 Å². The molecule has 2 amide bonds. The number of nitrogens with zero attached hydrogens (tertiary/aromatic N) is 2. The first-order valence-electron chi connectivity index (χ1n) is 13.5. The van der Waals surface area contributed by atoms with Gasteiger partial charge in [0.05, 0.1) is 19.1 Å². The molecule has 8 nitrogen and oxygen atoms in total. The maximum Gasteiger partial charge on any atom is 0.244 e. The van der Waals surface area contributed by atoms with E-state index < -0.39 is 40.2 Å². The number of halogens is 1. The third-order valence-electron chi connectivity index (χ3n) is 6.68. The predicted octanol–water partition coefficient (Wildman–Crippen LogP) is 4.47. The van der Waals surface area contributed by atoms with Gasteiger partial charge in [0.1, 0.15) is 24.2 Å². The van der Waals surface area contributed by atoms with Crippen molar-refractivity contribution in [1.82, 2.24) is 10.2 Å².